The number of anilines is 1. The first-order valence-electron chi connectivity index (χ1n) is 12.6. The van der Waals surface area contributed by atoms with E-state index in [2.05, 4.69) is 27.6 Å². The molecule has 3 heterocycles. The zero-order valence-corrected chi connectivity index (χ0v) is 22.0. The largest absolute Gasteiger partial charge is 0.349 e. The van der Waals surface area contributed by atoms with E-state index in [0.29, 0.717) is 21.6 Å². The van der Waals surface area contributed by atoms with Crippen LogP contribution in [0.3, 0.4) is 0 Å². The molecule has 0 spiro atoms. The number of piperidine rings is 1. The maximum absolute atomic E-state index is 12.9. The average molecular weight is 525 g/mol. The fourth-order valence-corrected chi connectivity index (χ4v) is 6.58. The van der Waals surface area contributed by atoms with Gasteiger partial charge in [0.15, 0.2) is 5.13 Å². The van der Waals surface area contributed by atoms with Crippen molar-refractivity contribution in [2.24, 2.45) is 0 Å². The quantitative estimate of drug-likeness (QED) is 0.516. The minimum atomic E-state index is -0.134. The van der Waals surface area contributed by atoms with E-state index in [9.17, 15) is 9.59 Å². The first kappa shape index (κ1) is 23.6. The van der Waals surface area contributed by atoms with Gasteiger partial charge in [-0.3, -0.25) is 9.59 Å². The van der Waals surface area contributed by atoms with Crippen LogP contribution in [0, 0.1) is 0 Å². The van der Waals surface area contributed by atoms with Crippen molar-refractivity contribution in [3.63, 3.8) is 0 Å². The molecule has 6 rings (SSSR count). The lowest BCUT2D eigenvalue weighted by atomic mass is 9.96. The molecule has 1 saturated carbocycles. The molecule has 0 unspecified atom stereocenters. The van der Waals surface area contributed by atoms with Crippen LogP contribution in [0.1, 0.15) is 65.8 Å². The van der Waals surface area contributed by atoms with Crippen LogP contribution in [-0.4, -0.2) is 57.7 Å². The van der Waals surface area contributed by atoms with Crippen LogP contribution in [0.4, 0.5) is 5.13 Å². The number of carbonyl (C=O) groups is 2. The number of thiazole rings is 1. The van der Waals surface area contributed by atoms with Crippen molar-refractivity contribution in [2.45, 2.75) is 57.4 Å². The van der Waals surface area contributed by atoms with E-state index in [4.69, 9.17) is 16.7 Å². The standard InChI is InChI=1S/C26H29ClN6O2S/c1-14(34)28-26-30-20-7-6-18-22(15-3-4-15)31-33(23(18)24(20)36-26)21-8-5-16(13-19(21)27)25(35)29-17-9-11-32(2)12-10-17/h5,8,13,15,17H,3-4,6-7,9-12H2,1-2H3,(H,29,35)(H,28,30,34). The van der Waals surface area contributed by atoms with Crippen LogP contribution in [0.15, 0.2) is 18.2 Å². The van der Waals surface area contributed by atoms with Crippen LogP contribution in [0.2, 0.25) is 5.02 Å². The second-order valence-corrected chi connectivity index (χ2v) is 11.5. The van der Waals surface area contributed by atoms with E-state index >= 15 is 0 Å². The molecule has 2 N–H and O–H groups in total. The third-order valence-electron chi connectivity index (χ3n) is 7.28. The number of likely N-dealkylation sites (tertiary alicyclic amines) is 1. The summed E-state index contributed by atoms with van der Waals surface area (Å²) in [6, 6.07) is 5.65. The number of hydrogen-bond donors (Lipinski definition) is 2. The minimum Gasteiger partial charge on any atom is -0.349 e. The number of aromatic nitrogens is 3. The number of nitrogens with one attached hydrogen (secondary N) is 2. The molecular formula is C26H29ClN6O2S. The lowest BCUT2D eigenvalue weighted by molar-refractivity contribution is -0.114. The number of aryl methyl sites for hydroxylation is 1. The molecule has 8 nitrogen and oxygen atoms in total. The SMILES string of the molecule is CC(=O)Nc1nc2c(s1)-c1c(c(C3CC3)nn1-c1ccc(C(=O)NC3CCN(C)CC3)cc1Cl)CC2. The molecule has 0 bridgehead atoms. The Morgan fingerprint density at radius 3 is 2.61 bits per heavy atom. The van der Waals surface area contributed by atoms with Gasteiger partial charge < -0.3 is 15.5 Å². The summed E-state index contributed by atoms with van der Waals surface area (Å²) in [5, 5.41) is 12.1. The van der Waals surface area contributed by atoms with E-state index < -0.39 is 0 Å². The highest BCUT2D eigenvalue weighted by Gasteiger charge is 2.36. The number of nitrogens with zero attached hydrogens (tertiary/aromatic N) is 4. The van der Waals surface area contributed by atoms with Gasteiger partial charge in [-0.15, -0.1) is 0 Å². The molecule has 2 aromatic heterocycles. The van der Waals surface area contributed by atoms with Crippen molar-refractivity contribution >= 4 is 39.9 Å². The monoisotopic (exact) mass is 524 g/mol. The molecule has 188 valence electrons. The zero-order valence-electron chi connectivity index (χ0n) is 20.4. The molecule has 2 amide bonds. The molecule has 36 heavy (non-hydrogen) atoms. The predicted molar refractivity (Wildman–Crippen MR) is 141 cm³/mol. The predicted octanol–water partition coefficient (Wildman–Crippen LogP) is 4.41. The second-order valence-electron chi connectivity index (χ2n) is 10.1. The number of benzene rings is 1. The van der Waals surface area contributed by atoms with Crippen molar-refractivity contribution in [2.75, 3.05) is 25.5 Å². The van der Waals surface area contributed by atoms with Gasteiger partial charge in [0.2, 0.25) is 5.91 Å². The Morgan fingerprint density at radius 1 is 1.14 bits per heavy atom. The summed E-state index contributed by atoms with van der Waals surface area (Å²) in [5.74, 6) is 0.261. The molecule has 1 saturated heterocycles. The molecular weight excluding hydrogens is 496 g/mol. The second kappa shape index (κ2) is 9.28. The van der Waals surface area contributed by atoms with Crippen molar-refractivity contribution in [1.82, 2.24) is 25.0 Å². The number of hydrogen-bond acceptors (Lipinski definition) is 6. The zero-order chi connectivity index (χ0) is 25.0. The molecule has 1 aromatic carbocycles. The topological polar surface area (TPSA) is 92.1 Å². The normalized spacial score (nSPS) is 18.0. The van der Waals surface area contributed by atoms with E-state index in [1.165, 1.54) is 23.8 Å². The van der Waals surface area contributed by atoms with Gasteiger partial charge in [0.05, 0.1) is 32.7 Å². The molecule has 10 heteroatoms. The highest BCUT2D eigenvalue weighted by Crippen LogP contribution is 2.48. The molecule has 1 aliphatic heterocycles. The number of rotatable bonds is 5. The summed E-state index contributed by atoms with van der Waals surface area (Å²) in [6.07, 6.45) is 5.91. The summed E-state index contributed by atoms with van der Waals surface area (Å²) >= 11 is 8.28. The highest BCUT2D eigenvalue weighted by molar-refractivity contribution is 7.19. The Bertz CT molecular complexity index is 1350. The maximum atomic E-state index is 12.9. The van der Waals surface area contributed by atoms with Crippen LogP contribution >= 0.6 is 22.9 Å². The molecule has 3 aromatic rings. The molecule has 2 aliphatic carbocycles. The third kappa shape index (κ3) is 4.44. The van der Waals surface area contributed by atoms with Gasteiger partial charge in [-0.1, -0.05) is 22.9 Å². The Kier molecular flexibility index (Phi) is 6.09. The van der Waals surface area contributed by atoms with Crippen molar-refractivity contribution in [1.29, 1.82) is 0 Å². The molecule has 3 aliphatic rings. The van der Waals surface area contributed by atoms with E-state index in [-0.39, 0.29) is 17.9 Å². The van der Waals surface area contributed by atoms with Crippen molar-refractivity contribution < 1.29 is 9.59 Å². The Morgan fingerprint density at radius 2 is 1.92 bits per heavy atom. The Labute approximate surface area is 219 Å². The summed E-state index contributed by atoms with van der Waals surface area (Å²) < 4.78 is 1.93. The Hall–Kier alpha value is -2.75. The summed E-state index contributed by atoms with van der Waals surface area (Å²) in [6.45, 7) is 3.47. The average Bonchev–Trinajstić information content (AvgIpc) is 3.49. The van der Waals surface area contributed by atoms with Gasteiger partial charge in [0.25, 0.3) is 5.91 Å². The highest BCUT2D eigenvalue weighted by atomic mass is 35.5. The first-order valence-corrected chi connectivity index (χ1v) is 13.8. The minimum absolute atomic E-state index is 0.0936. The van der Waals surface area contributed by atoms with Gasteiger partial charge in [-0.05, 0) is 76.9 Å². The van der Waals surface area contributed by atoms with Crippen LogP contribution in [0.25, 0.3) is 16.3 Å². The fourth-order valence-electron chi connectivity index (χ4n) is 5.20. The van der Waals surface area contributed by atoms with Crippen molar-refractivity contribution in [3.8, 4) is 16.3 Å². The number of carbonyl (C=O) groups excluding carboxylic acids is 2. The van der Waals surface area contributed by atoms with Crippen LogP contribution in [-0.2, 0) is 17.6 Å². The van der Waals surface area contributed by atoms with Crippen LogP contribution in [0.5, 0.6) is 0 Å². The van der Waals surface area contributed by atoms with Gasteiger partial charge >= 0.3 is 0 Å². The van der Waals surface area contributed by atoms with Gasteiger partial charge in [-0.2, -0.15) is 5.10 Å². The van der Waals surface area contributed by atoms with E-state index in [1.54, 1.807) is 6.07 Å². The molecule has 0 atom stereocenters. The number of fused-ring (bicyclic) bond motifs is 3. The third-order valence-corrected chi connectivity index (χ3v) is 8.60. The summed E-state index contributed by atoms with van der Waals surface area (Å²) in [4.78, 5) is 32.5. The van der Waals surface area contributed by atoms with Gasteiger partial charge in [-0.25, -0.2) is 9.67 Å². The number of amides is 2. The lowest BCUT2D eigenvalue weighted by Gasteiger charge is -2.29. The van der Waals surface area contributed by atoms with Gasteiger partial charge in [0, 0.05) is 30.0 Å². The summed E-state index contributed by atoms with van der Waals surface area (Å²) in [5.41, 5.74) is 5.69. The maximum Gasteiger partial charge on any atom is 0.251 e. The smallest absolute Gasteiger partial charge is 0.251 e. The Balaban J connectivity index is 1.34. The summed E-state index contributed by atoms with van der Waals surface area (Å²) in [7, 11) is 2.11. The van der Waals surface area contributed by atoms with E-state index in [1.807, 2.05) is 16.8 Å². The molecule has 2 fully saturated rings. The lowest BCUT2D eigenvalue weighted by Crippen LogP contribution is -2.43. The van der Waals surface area contributed by atoms with Crippen molar-refractivity contribution in [3.05, 3.63) is 45.7 Å². The fraction of sp³-hybridized carbons (Fsp3) is 0.462. The van der Waals surface area contributed by atoms with Crippen LogP contribution < -0.4 is 10.6 Å². The number of halogens is 1. The van der Waals surface area contributed by atoms with Gasteiger partial charge in [0.1, 0.15) is 0 Å². The van der Waals surface area contributed by atoms with E-state index in [0.717, 1.165) is 79.3 Å². The molecule has 0 radical (unpaired) electrons. The first-order chi connectivity index (χ1) is 17.4.